The molecule has 4 atom stereocenters. The maximum Gasteiger partial charge on any atom is 0.190 e. The summed E-state index contributed by atoms with van der Waals surface area (Å²) < 4.78 is 24.5. The van der Waals surface area contributed by atoms with E-state index < -0.39 is 5.79 Å². The van der Waals surface area contributed by atoms with Gasteiger partial charge in [-0.05, 0) is 45.1 Å². The lowest BCUT2D eigenvalue weighted by atomic mass is 9.93. The molecule has 3 aliphatic rings. The van der Waals surface area contributed by atoms with Gasteiger partial charge in [0, 0.05) is 0 Å². The SMILES string of the molecule is CC1(C)O[C@H]2O[C@H](C=C3CCCCC3)[C@@H](OCc3ccccc3)[C@H]2O1. The summed E-state index contributed by atoms with van der Waals surface area (Å²) in [6, 6.07) is 10.2. The van der Waals surface area contributed by atoms with Crippen molar-refractivity contribution in [2.45, 2.75) is 82.9 Å². The van der Waals surface area contributed by atoms with Crippen molar-refractivity contribution in [2.75, 3.05) is 0 Å². The summed E-state index contributed by atoms with van der Waals surface area (Å²) in [5, 5.41) is 0. The molecule has 4 rings (SSSR count). The molecule has 2 saturated heterocycles. The van der Waals surface area contributed by atoms with Crippen LogP contribution in [0.4, 0.5) is 0 Å². The monoisotopic (exact) mass is 344 g/mol. The van der Waals surface area contributed by atoms with Gasteiger partial charge < -0.3 is 18.9 Å². The Bertz CT molecular complexity index is 602. The first kappa shape index (κ1) is 17.2. The Hall–Kier alpha value is -1.20. The van der Waals surface area contributed by atoms with Gasteiger partial charge >= 0.3 is 0 Å². The molecule has 136 valence electrons. The van der Waals surface area contributed by atoms with E-state index >= 15 is 0 Å². The smallest absolute Gasteiger partial charge is 0.190 e. The molecule has 0 aromatic heterocycles. The van der Waals surface area contributed by atoms with Crippen LogP contribution in [-0.2, 0) is 25.6 Å². The van der Waals surface area contributed by atoms with Crippen molar-refractivity contribution < 1.29 is 18.9 Å². The van der Waals surface area contributed by atoms with Crippen molar-refractivity contribution in [1.82, 2.24) is 0 Å². The lowest BCUT2D eigenvalue weighted by Crippen LogP contribution is -2.36. The number of fused-ring (bicyclic) bond motifs is 1. The third-order valence-corrected chi connectivity index (χ3v) is 5.21. The second kappa shape index (κ2) is 7.20. The van der Waals surface area contributed by atoms with Gasteiger partial charge in [-0.1, -0.05) is 48.4 Å². The van der Waals surface area contributed by atoms with E-state index in [2.05, 4.69) is 18.2 Å². The third kappa shape index (κ3) is 3.98. The van der Waals surface area contributed by atoms with Crippen LogP contribution in [0.25, 0.3) is 0 Å². The van der Waals surface area contributed by atoms with E-state index in [1.54, 1.807) is 0 Å². The van der Waals surface area contributed by atoms with Crippen molar-refractivity contribution in [2.24, 2.45) is 0 Å². The third-order valence-electron chi connectivity index (χ3n) is 5.21. The fourth-order valence-corrected chi connectivity index (χ4v) is 4.00. The highest BCUT2D eigenvalue weighted by Gasteiger charge is 2.54. The molecule has 0 amide bonds. The molecule has 0 spiro atoms. The first-order chi connectivity index (χ1) is 12.1. The molecule has 3 fully saturated rings. The summed E-state index contributed by atoms with van der Waals surface area (Å²) in [6.45, 7) is 4.41. The van der Waals surface area contributed by atoms with Crippen LogP contribution < -0.4 is 0 Å². The Kier molecular flexibility index (Phi) is 4.96. The summed E-state index contributed by atoms with van der Waals surface area (Å²) >= 11 is 0. The zero-order valence-corrected chi connectivity index (χ0v) is 15.1. The molecule has 4 heteroatoms. The molecular weight excluding hydrogens is 316 g/mol. The van der Waals surface area contributed by atoms with Crippen LogP contribution in [-0.4, -0.2) is 30.4 Å². The van der Waals surface area contributed by atoms with Crippen LogP contribution in [0.15, 0.2) is 42.0 Å². The lowest BCUT2D eigenvalue weighted by Gasteiger charge is -2.25. The molecule has 1 aliphatic carbocycles. The Labute approximate surface area is 150 Å². The fourth-order valence-electron chi connectivity index (χ4n) is 4.00. The predicted molar refractivity (Wildman–Crippen MR) is 94.9 cm³/mol. The molecular formula is C21H28O4. The summed E-state index contributed by atoms with van der Waals surface area (Å²) in [5.41, 5.74) is 2.65. The molecule has 25 heavy (non-hydrogen) atoms. The van der Waals surface area contributed by atoms with Gasteiger partial charge in [-0.2, -0.15) is 0 Å². The number of benzene rings is 1. The van der Waals surface area contributed by atoms with Crippen LogP contribution in [0.3, 0.4) is 0 Å². The topological polar surface area (TPSA) is 36.9 Å². The highest BCUT2D eigenvalue weighted by Crippen LogP contribution is 2.40. The molecule has 2 aliphatic heterocycles. The summed E-state index contributed by atoms with van der Waals surface area (Å²) in [6.07, 6.45) is 7.76. The minimum atomic E-state index is -0.618. The summed E-state index contributed by atoms with van der Waals surface area (Å²) in [5.74, 6) is -0.618. The van der Waals surface area contributed by atoms with E-state index in [9.17, 15) is 0 Å². The van der Waals surface area contributed by atoms with E-state index in [4.69, 9.17) is 18.9 Å². The highest BCUT2D eigenvalue weighted by molar-refractivity contribution is 5.15. The second-order valence-corrected chi connectivity index (χ2v) is 7.72. The summed E-state index contributed by atoms with van der Waals surface area (Å²) in [7, 11) is 0. The van der Waals surface area contributed by atoms with Crippen molar-refractivity contribution in [3.8, 4) is 0 Å². The first-order valence-electron chi connectivity index (χ1n) is 9.47. The first-order valence-corrected chi connectivity index (χ1v) is 9.47. The molecule has 0 bridgehead atoms. The van der Waals surface area contributed by atoms with Gasteiger partial charge in [-0.3, -0.25) is 0 Å². The van der Waals surface area contributed by atoms with Gasteiger partial charge in [0.1, 0.15) is 18.3 Å². The van der Waals surface area contributed by atoms with E-state index in [1.165, 1.54) is 37.7 Å². The van der Waals surface area contributed by atoms with Gasteiger partial charge in [0.15, 0.2) is 12.1 Å². The normalized spacial score (nSPS) is 34.1. The number of rotatable bonds is 4. The van der Waals surface area contributed by atoms with Crippen LogP contribution in [0.2, 0.25) is 0 Å². The molecule has 4 nitrogen and oxygen atoms in total. The Morgan fingerprint density at radius 3 is 2.60 bits per heavy atom. The van der Waals surface area contributed by atoms with Crippen molar-refractivity contribution >= 4 is 0 Å². The fraction of sp³-hybridized carbons (Fsp3) is 0.619. The van der Waals surface area contributed by atoms with Gasteiger partial charge in [0.25, 0.3) is 0 Å². The van der Waals surface area contributed by atoms with Crippen molar-refractivity contribution in [3.63, 3.8) is 0 Å². The van der Waals surface area contributed by atoms with Crippen molar-refractivity contribution in [3.05, 3.63) is 47.5 Å². The van der Waals surface area contributed by atoms with Gasteiger partial charge in [-0.25, -0.2) is 0 Å². The second-order valence-electron chi connectivity index (χ2n) is 7.72. The minimum absolute atomic E-state index is 0.0945. The van der Waals surface area contributed by atoms with Crippen LogP contribution >= 0.6 is 0 Å². The number of hydrogen-bond acceptors (Lipinski definition) is 4. The van der Waals surface area contributed by atoms with E-state index in [1.807, 2.05) is 32.0 Å². The predicted octanol–water partition coefficient (Wildman–Crippen LogP) is 4.34. The molecule has 2 heterocycles. The van der Waals surface area contributed by atoms with Gasteiger partial charge in [-0.15, -0.1) is 0 Å². The molecule has 1 aromatic rings. The Morgan fingerprint density at radius 1 is 1.08 bits per heavy atom. The number of hydrogen-bond donors (Lipinski definition) is 0. The van der Waals surface area contributed by atoms with E-state index in [0.717, 1.165) is 5.56 Å². The van der Waals surface area contributed by atoms with Gasteiger partial charge in [0.2, 0.25) is 0 Å². The van der Waals surface area contributed by atoms with Crippen molar-refractivity contribution in [1.29, 1.82) is 0 Å². The number of allylic oxidation sites excluding steroid dienone is 1. The minimum Gasteiger partial charge on any atom is -0.368 e. The molecule has 1 saturated carbocycles. The summed E-state index contributed by atoms with van der Waals surface area (Å²) in [4.78, 5) is 0. The molecule has 0 unspecified atom stereocenters. The quantitative estimate of drug-likeness (QED) is 0.762. The lowest BCUT2D eigenvalue weighted by molar-refractivity contribution is -0.213. The molecule has 0 radical (unpaired) electrons. The zero-order chi connectivity index (χ0) is 17.3. The average molecular weight is 344 g/mol. The maximum atomic E-state index is 6.28. The average Bonchev–Trinajstić information content (AvgIpc) is 3.06. The molecule has 0 N–H and O–H groups in total. The Balaban J connectivity index is 1.49. The van der Waals surface area contributed by atoms with Gasteiger partial charge in [0.05, 0.1) is 6.61 Å². The van der Waals surface area contributed by atoms with Crippen LogP contribution in [0, 0.1) is 0 Å². The largest absolute Gasteiger partial charge is 0.368 e. The van der Waals surface area contributed by atoms with Crippen LogP contribution in [0.5, 0.6) is 0 Å². The standard InChI is InChI=1S/C21H28O4/c1-21(2)24-19-18(22-14-16-11-7-4-8-12-16)17(23-20(19)25-21)13-15-9-5-3-6-10-15/h4,7-8,11-13,17-20H,3,5-6,9-10,14H2,1-2H3/t17-,18-,19-,20-/m1/s1. The maximum absolute atomic E-state index is 6.28. The van der Waals surface area contributed by atoms with E-state index in [0.29, 0.717) is 6.61 Å². The molecule has 1 aromatic carbocycles. The van der Waals surface area contributed by atoms with Crippen LogP contribution in [0.1, 0.15) is 51.5 Å². The zero-order valence-electron chi connectivity index (χ0n) is 15.1. The van der Waals surface area contributed by atoms with E-state index in [-0.39, 0.29) is 24.6 Å². The Morgan fingerprint density at radius 2 is 1.84 bits per heavy atom. The number of ether oxygens (including phenoxy) is 4. The highest BCUT2D eigenvalue weighted by atomic mass is 16.8.